The third kappa shape index (κ3) is 6.27. The Kier molecular flexibility index (Phi) is 8.16. The molecule has 0 spiro atoms. The number of likely N-dealkylation sites (tertiary alicyclic amines) is 1. The van der Waals surface area contributed by atoms with Crippen LogP contribution >= 0.6 is 0 Å². The summed E-state index contributed by atoms with van der Waals surface area (Å²) in [6, 6.07) is 0.351. The van der Waals surface area contributed by atoms with Crippen molar-refractivity contribution in [2.24, 2.45) is 17.8 Å². The Morgan fingerprint density at radius 1 is 1.12 bits per heavy atom. The van der Waals surface area contributed by atoms with E-state index in [1.165, 1.54) is 0 Å². The van der Waals surface area contributed by atoms with Crippen molar-refractivity contribution in [3.05, 3.63) is 0 Å². The SMILES string of the molecule is CCC(=O)C(O)CN1CC2CCC(C3NC(C4CCN(C(=O)OC(C)(C)C)CC4)NO3)CC2N1. The maximum atomic E-state index is 12.3. The summed E-state index contributed by atoms with van der Waals surface area (Å²) in [6.07, 6.45) is 4.30. The summed E-state index contributed by atoms with van der Waals surface area (Å²) in [4.78, 5) is 31.9. The van der Waals surface area contributed by atoms with E-state index in [0.717, 1.165) is 38.6 Å². The monoisotopic (exact) mass is 481 g/mol. The number of carbonyl (C=O) groups excluding carboxylic acids is 2. The van der Waals surface area contributed by atoms with E-state index in [-0.39, 0.29) is 24.3 Å². The minimum atomic E-state index is -0.917. The molecule has 0 bridgehead atoms. The molecule has 4 fully saturated rings. The molecule has 194 valence electrons. The van der Waals surface area contributed by atoms with Crippen LogP contribution in [0, 0.1) is 17.8 Å². The summed E-state index contributed by atoms with van der Waals surface area (Å²) in [5.41, 5.74) is 6.28. The molecule has 10 heteroatoms. The topological polar surface area (TPSA) is 115 Å². The van der Waals surface area contributed by atoms with Gasteiger partial charge in [-0.05, 0) is 64.7 Å². The summed E-state index contributed by atoms with van der Waals surface area (Å²) in [5.74, 6) is 1.24. The molecular weight excluding hydrogens is 438 g/mol. The van der Waals surface area contributed by atoms with E-state index in [1.807, 2.05) is 25.8 Å². The first-order valence-electron chi connectivity index (χ1n) is 13.0. The van der Waals surface area contributed by atoms with E-state index < -0.39 is 11.7 Å². The molecule has 0 aromatic carbocycles. The average molecular weight is 482 g/mol. The number of amides is 1. The number of aliphatic hydroxyl groups is 1. The van der Waals surface area contributed by atoms with Gasteiger partial charge in [0.1, 0.15) is 17.9 Å². The van der Waals surface area contributed by atoms with Crippen molar-refractivity contribution in [3.63, 3.8) is 0 Å². The van der Waals surface area contributed by atoms with Crippen molar-refractivity contribution < 1.29 is 24.3 Å². The highest BCUT2D eigenvalue weighted by Crippen LogP contribution is 2.36. The van der Waals surface area contributed by atoms with Crippen LogP contribution in [0.2, 0.25) is 0 Å². The molecule has 4 aliphatic rings. The van der Waals surface area contributed by atoms with Crippen LogP contribution in [0.4, 0.5) is 4.79 Å². The van der Waals surface area contributed by atoms with Crippen molar-refractivity contribution in [1.29, 1.82) is 0 Å². The van der Waals surface area contributed by atoms with Gasteiger partial charge in [0.2, 0.25) is 0 Å². The molecule has 3 saturated heterocycles. The highest BCUT2D eigenvalue weighted by atomic mass is 16.7. The molecule has 0 aromatic heterocycles. The first-order chi connectivity index (χ1) is 16.1. The minimum Gasteiger partial charge on any atom is -0.444 e. The van der Waals surface area contributed by atoms with E-state index >= 15 is 0 Å². The first-order valence-corrected chi connectivity index (χ1v) is 13.0. The molecule has 1 saturated carbocycles. The number of hydrogen-bond donors (Lipinski definition) is 4. The zero-order valence-electron chi connectivity index (χ0n) is 21.1. The van der Waals surface area contributed by atoms with Gasteiger partial charge in [0.05, 0.1) is 6.17 Å². The lowest BCUT2D eigenvalue weighted by atomic mass is 9.78. The number of piperidine rings is 1. The number of hydroxylamine groups is 1. The van der Waals surface area contributed by atoms with Gasteiger partial charge in [-0.3, -0.25) is 20.4 Å². The van der Waals surface area contributed by atoms with Crippen molar-refractivity contribution in [1.82, 2.24) is 26.1 Å². The number of nitrogens with zero attached hydrogens (tertiary/aromatic N) is 2. The fraction of sp³-hybridized carbons (Fsp3) is 0.917. The minimum absolute atomic E-state index is 0.0297. The number of fused-ring (bicyclic) bond motifs is 1. The van der Waals surface area contributed by atoms with E-state index in [1.54, 1.807) is 11.8 Å². The fourth-order valence-electron chi connectivity index (χ4n) is 5.76. The van der Waals surface area contributed by atoms with Gasteiger partial charge in [0.25, 0.3) is 0 Å². The number of carbonyl (C=O) groups is 2. The second kappa shape index (κ2) is 10.8. The molecule has 6 atom stereocenters. The first kappa shape index (κ1) is 25.8. The second-order valence-corrected chi connectivity index (χ2v) is 11.4. The van der Waals surface area contributed by atoms with Gasteiger partial charge in [-0.25, -0.2) is 9.80 Å². The lowest BCUT2D eigenvalue weighted by molar-refractivity contribution is -0.128. The van der Waals surface area contributed by atoms with Crippen LogP contribution in [0.3, 0.4) is 0 Å². The summed E-state index contributed by atoms with van der Waals surface area (Å²) < 4.78 is 5.51. The predicted molar refractivity (Wildman–Crippen MR) is 126 cm³/mol. The molecular formula is C24H43N5O5. The molecule has 0 aromatic rings. The maximum Gasteiger partial charge on any atom is 0.410 e. The third-order valence-corrected chi connectivity index (χ3v) is 7.71. The van der Waals surface area contributed by atoms with Crippen LogP contribution in [-0.2, 0) is 14.4 Å². The Bertz CT molecular complexity index is 723. The normalized spacial score (nSPS) is 34.1. The van der Waals surface area contributed by atoms with E-state index in [9.17, 15) is 14.7 Å². The molecule has 4 N–H and O–H groups in total. The molecule has 6 unspecified atom stereocenters. The van der Waals surface area contributed by atoms with Gasteiger partial charge < -0.3 is 14.7 Å². The quantitative estimate of drug-likeness (QED) is 0.446. The third-order valence-electron chi connectivity index (χ3n) is 7.71. The van der Waals surface area contributed by atoms with Crippen LogP contribution in [0.15, 0.2) is 0 Å². The molecule has 1 amide bonds. The van der Waals surface area contributed by atoms with Crippen molar-refractivity contribution in [2.75, 3.05) is 26.2 Å². The molecule has 4 rings (SSSR count). The number of ketones is 1. The number of aliphatic hydroxyl groups excluding tert-OH is 1. The molecule has 3 aliphatic heterocycles. The lowest BCUT2D eigenvalue weighted by Crippen LogP contribution is -2.49. The van der Waals surface area contributed by atoms with Crippen LogP contribution in [-0.4, -0.2) is 83.2 Å². The van der Waals surface area contributed by atoms with Crippen molar-refractivity contribution in [2.45, 2.75) is 96.4 Å². The lowest BCUT2D eigenvalue weighted by Gasteiger charge is -2.36. The Labute approximate surface area is 203 Å². The standard InChI is InChI=1S/C24H43N5O5/c1-5-19(30)20(31)14-29-13-17-7-6-16(12-18(17)26-29)22-25-21(27-34-22)15-8-10-28(11-9-15)23(32)33-24(2,3)4/h15-18,20-22,25-27,31H,5-14H2,1-4H3. The van der Waals surface area contributed by atoms with Gasteiger partial charge in [0.15, 0.2) is 5.78 Å². The second-order valence-electron chi connectivity index (χ2n) is 11.4. The number of ether oxygens (including phenoxy) is 1. The Morgan fingerprint density at radius 3 is 2.50 bits per heavy atom. The smallest absolute Gasteiger partial charge is 0.410 e. The van der Waals surface area contributed by atoms with Gasteiger partial charge >= 0.3 is 6.09 Å². The predicted octanol–water partition coefficient (Wildman–Crippen LogP) is 1.36. The number of nitrogens with one attached hydrogen (secondary N) is 3. The molecule has 10 nitrogen and oxygen atoms in total. The van der Waals surface area contributed by atoms with Gasteiger partial charge in [-0.1, -0.05) is 6.92 Å². The maximum absolute atomic E-state index is 12.3. The Morgan fingerprint density at radius 2 is 1.82 bits per heavy atom. The number of β-amino-alcohol motifs (C(OH)–C–C–N with tert-alkyl or cyclic N) is 1. The largest absolute Gasteiger partial charge is 0.444 e. The highest BCUT2D eigenvalue weighted by Gasteiger charge is 2.44. The molecule has 0 radical (unpaired) electrons. The average Bonchev–Trinajstić information content (AvgIpc) is 3.43. The van der Waals surface area contributed by atoms with Crippen molar-refractivity contribution >= 4 is 11.9 Å². The number of rotatable bonds is 6. The van der Waals surface area contributed by atoms with E-state index in [0.29, 0.717) is 49.9 Å². The number of Topliss-reactive ketones (excluding diaryl/α,β-unsaturated/α-hetero) is 1. The zero-order chi connectivity index (χ0) is 24.5. The molecule has 34 heavy (non-hydrogen) atoms. The zero-order valence-corrected chi connectivity index (χ0v) is 21.1. The van der Waals surface area contributed by atoms with Crippen LogP contribution in [0.5, 0.6) is 0 Å². The van der Waals surface area contributed by atoms with Crippen LogP contribution < -0.4 is 16.2 Å². The van der Waals surface area contributed by atoms with Crippen molar-refractivity contribution in [3.8, 4) is 0 Å². The van der Waals surface area contributed by atoms with Gasteiger partial charge in [-0.15, -0.1) is 0 Å². The Hall–Kier alpha value is -1.30. The highest BCUT2D eigenvalue weighted by molar-refractivity contribution is 5.82. The number of hydrazine groups is 1. The molecule has 1 aliphatic carbocycles. The summed E-state index contributed by atoms with van der Waals surface area (Å²) >= 11 is 0. The van der Waals surface area contributed by atoms with Gasteiger partial charge in [0, 0.05) is 44.6 Å². The fourth-order valence-corrected chi connectivity index (χ4v) is 5.76. The number of hydrogen-bond acceptors (Lipinski definition) is 9. The summed E-state index contributed by atoms with van der Waals surface area (Å²) in [6.45, 7) is 10.1. The van der Waals surface area contributed by atoms with Gasteiger partial charge in [-0.2, -0.15) is 5.48 Å². The molecule has 3 heterocycles. The van der Waals surface area contributed by atoms with Crippen LogP contribution in [0.25, 0.3) is 0 Å². The van der Waals surface area contributed by atoms with E-state index in [4.69, 9.17) is 9.57 Å². The van der Waals surface area contributed by atoms with E-state index in [2.05, 4.69) is 16.2 Å². The summed E-state index contributed by atoms with van der Waals surface area (Å²) in [5, 5.41) is 15.8. The van der Waals surface area contributed by atoms with Crippen LogP contribution in [0.1, 0.15) is 66.2 Å². The Balaban J connectivity index is 1.21. The summed E-state index contributed by atoms with van der Waals surface area (Å²) in [7, 11) is 0.